The molecule has 13 nitrogen and oxygen atoms in total. The van der Waals surface area contributed by atoms with Gasteiger partial charge in [0.1, 0.15) is 17.6 Å². The highest BCUT2D eigenvalue weighted by molar-refractivity contribution is 6.36. The number of carbonyl (C=O) groups is 5. The minimum absolute atomic E-state index is 0.0140. The quantitative estimate of drug-likeness (QED) is 0.348. The van der Waals surface area contributed by atoms with Gasteiger partial charge < -0.3 is 35.1 Å². The van der Waals surface area contributed by atoms with E-state index in [1.807, 2.05) is 18.2 Å². The second kappa shape index (κ2) is 16.5. The van der Waals surface area contributed by atoms with E-state index < -0.39 is 59.4 Å². The van der Waals surface area contributed by atoms with Crippen LogP contribution >= 0.6 is 23.2 Å². The van der Waals surface area contributed by atoms with E-state index in [4.69, 9.17) is 27.9 Å². The Morgan fingerprint density at radius 3 is 2.29 bits per heavy atom. The predicted molar refractivity (Wildman–Crippen MR) is 190 cm³/mol. The molecule has 5 amide bonds. The van der Waals surface area contributed by atoms with E-state index in [1.165, 1.54) is 33.7 Å². The molecular weight excluding hydrogens is 699 g/mol. The van der Waals surface area contributed by atoms with Crippen molar-refractivity contribution in [1.82, 2.24) is 30.3 Å². The molecule has 0 aliphatic carbocycles. The van der Waals surface area contributed by atoms with Crippen LogP contribution in [0.15, 0.2) is 71.7 Å². The molecule has 270 valence electrons. The highest BCUT2D eigenvalue weighted by Crippen LogP contribution is 2.25. The maximum atomic E-state index is 14.0. The molecule has 3 heterocycles. The molecule has 5 rings (SSSR count). The monoisotopic (exact) mass is 738 g/mol. The number of ether oxygens (including phenoxy) is 1. The van der Waals surface area contributed by atoms with Crippen molar-refractivity contribution in [2.75, 3.05) is 33.2 Å². The zero-order valence-electron chi connectivity index (χ0n) is 28.4. The Kier molecular flexibility index (Phi) is 12.2. The van der Waals surface area contributed by atoms with Crippen LogP contribution in [0.4, 0.5) is 0 Å². The molecular formula is C36H40Cl2N6O7. The van der Waals surface area contributed by atoms with Gasteiger partial charge in [0.2, 0.25) is 17.7 Å². The number of morpholine rings is 1. The summed E-state index contributed by atoms with van der Waals surface area (Å²) < 4.78 is 7.45. The molecule has 2 bridgehead atoms. The van der Waals surface area contributed by atoms with E-state index in [1.54, 1.807) is 50.2 Å². The molecule has 2 fully saturated rings. The summed E-state index contributed by atoms with van der Waals surface area (Å²) in [5.74, 6) is -3.22. The standard InChI is InChI=1S/C36H40Cl2N6O7/c1-21(2)31-33(47)39-16-23-17-44(35(49)24-11-8-14-43(34(24)48)18-25-26(37)12-7-13-27(25)38)19-29(51-23)32(46)40-28(15-22-9-5-4-6-10-22)36(50)42(3)20-30(45)41-31/h4-14,21,23,28-29,31H,15-20H2,1-3H3,(H,39,47)(H,40,46)(H,41,45)/t23-,28+,29+,31-/m0/s1. The van der Waals surface area contributed by atoms with Crippen LogP contribution in [0.5, 0.6) is 0 Å². The first-order chi connectivity index (χ1) is 24.3. The van der Waals surface area contributed by atoms with Gasteiger partial charge in [-0.1, -0.05) is 73.4 Å². The van der Waals surface area contributed by atoms with Crippen molar-refractivity contribution in [3.63, 3.8) is 0 Å². The average molecular weight is 740 g/mol. The molecule has 0 radical (unpaired) electrons. The zero-order valence-corrected chi connectivity index (χ0v) is 29.9. The van der Waals surface area contributed by atoms with Crippen molar-refractivity contribution in [3.8, 4) is 0 Å². The Morgan fingerprint density at radius 1 is 0.902 bits per heavy atom. The molecule has 2 aliphatic rings. The number of halogens is 2. The molecule has 2 aromatic carbocycles. The van der Waals surface area contributed by atoms with Crippen LogP contribution in [0.1, 0.15) is 35.3 Å². The van der Waals surface area contributed by atoms with Gasteiger partial charge in [0.15, 0.2) is 6.10 Å². The van der Waals surface area contributed by atoms with Gasteiger partial charge in [0.05, 0.1) is 25.7 Å². The van der Waals surface area contributed by atoms with Crippen LogP contribution in [-0.4, -0.2) is 101 Å². The van der Waals surface area contributed by atoms with Gasteiger partial charge in [-0.05, 0) is 35.7 Å². The fraction of sp³-hybridized carbons (Fsp3) is 0.389. The molecule has 3 N–H and O–H groups in total. The fourth-order valence-corrected chi connectivity index (χ4v) is 6.58. The summed E-state index contributed by atoms with van der Waals surface area (Å²) >= 11 is 12.7. The normalized spacial score (nSPS) is 22.1. The molecule has 51 heavy (non-hydrogen) atoms. The first-order valence-electron chi connectivity index (χ1n) is 16.6. The number of benzene rings is 2. The van der Waals surface area contributed by atoms with Crippen molar-refractivity contribution >= 4 is 52.7 Å². The number of carbonyl (C=O) groups excluding carboxylic acids is 5. The average Bonchev–Trinajstić information content (AvgIpc) is 3.10. The lowest BCUT2D eigenvalue weighted by atomic mass is 10.0. The first-order valence-corrected chi connectivity index (χ1v) is 17.3. The summed E-state index contributed by atoms with van der Waals surface area (Å²) in [7, 11) is 1.44. The number of nitrogens with zero attached hydrogens (tertiary/aromatic N) is 3. The van der Waals surface area contributed by atoms with Crippen LogP contribution in [0.3, 0.4) is 0 Å². The molecule has 3 aromatic rings. The molecule has 0 spiro atoms. The van der Waals surface area contributed by atoms with E-state index in [-0.39, 0.29) is 50.6 Å². The lowest BCUT2D eigenvalue weighted by molar-refractivity contribution is -0.148. The first kappa shape index (κ1) is 37.5. The van der Waals surface area contributed by atoms with Gasteiger partial charge >= 0.3 is 0 Å². The topological polar surface area (TPSA) is 159 Å². The number of hydrogen-bond donors (Lipinski definition) is 3. The summed E-state index contributed by atoms with van der Waals surface area (Å²) in [5.41, 5.74) is 0.522. The highest BCUT2D eigenvalue weighted by Gasteiger charge is 2.38. The summed E-state index contributed by atoms with van der Waals surface area (Å²) in [6.45, 7) is 2.79. The van der Waals surface area contributed by atoms with Gasteiger partial charge in [-0.15, -0.1) is 0 Å². The second-order valence-electron chi connectivity index (χ2n) is 13.0. The van der Waals surface area contributed by atoms with Crippen LogP contribution in [0, 0.1) is 5.92 Å². The molecule has 0 unspecified atom stereocenters. The molecule has 2 saturated heterocycles. The van der Waals surface area contributed by atoms with Crippen molar-refractivity contribution in [2.24, 2.45) is 5.92 Å². The summed E-state index contributed by atoms with van der Waals surface area (Å²) in [4.78, 5) is 84.1. The van der Waals surface area contributed by atoms with E-state index >= 15 is 0 Å². The molecule has 0 saturated carbocycles. The van der Waals surface area contributed by atoms with Gasteiger partial charge in [-0.3, -0.25) is 28.8 Å². The SMILES string of the molecule is CC(C)[C@@H]1NC(=O)CN(C)C(=O)[C@@H](Cc2ccccc2)NC(=O)[C@H]2CN(C(=O)c3cccn(Cc4c(Cl)cccc4Cl)c3=O)C[C@H](CNC1=O)O2. The van der Waals surface area contributed by atoms with Crippen molar-refractivity contribution < 1.29 is 28.7 Å². The number of hydrogen-bond acceptors (Lipinski definition) is 7. The number of aromatic nitrogens is 1. The van der Waals surface area contributed by atoms with Crippen LogP contribution in [0.2, 0.25) is 10.0 Å². The minimum atomic E-state index is -1.26. The van der Waals surface area contributed by atoms with Gasteiger partial charge in [-0.25, -0.2) is 0 Å². The van der Waals surface area contributed by atoms with Crippen molar-refractivity contribution in [1.29, 1.82) is 0 Å². The van der Waals surface area contributed by atoms with Crippen LogP contribution in [0.25, 0.3) is 0 Å². The highest BCUT2D eigenvalue weighted by atomic mass is 35.5. The summed E-state index contributed by atoms with van der Waals surface area (Å²) in [5, 5.41) is 8.99. The number of pyridine rings is 1. The number of amides is 5. The number of fused-ring (bicyclic) bond motifs is 2. The van der Waals surface area contributed by atoms with Gasteiger partial charge in [0, 0.05) is 48.4 Å². The number of rotatable bonds is 6. The third-order valence-corrected chi connectivity index (χ3v) is 9.52. The van der Waals surface area contributed by atoms with Gasteiger partial charge in [0.25, 0.3) is 17.4 Å². The van der Waals surface area contributed by atoms with Crippen LogP contribution in [-0.2, 0) is 36.9 Å². The second-order valence-corrected chi connectivity index (χ2v) is 13.8. The number of likely N-dealkylation sites (N-methyl/N-ethyl adjacent to an activating group) is 1. The smallest absolute Gasteiger partial charge is 0.263 e. The minimum Gasteiger partial charge on any atom is -0.360 e. The lowest BCUT2D eigenvalue weighted by Crippen LogP contribution is -2.60. The third-order valence-electron chi connectivity index (χ3n) is 8.81. The Bertz CT molecular complexity index is 1830. The van der Waals surface area contributed by atoms with E-state index in [9.17, 15) is 28.8 Å². The van der Waals surface area contributed by atoms with Crippen LogP contribution < -0.4 is 21.5 Å². The maximum Gasteiger partial charge on any atom is 0.263 e. The summed E-state index contributed by atoms with van der Waals surface area (Å²) in [6.07, 6.45) is -0.511. The molecule has 2 aliphatic heterocycles. The Morgan fingerprint density at radius 2 is 1.61 bits per heavy atom. The zero-order chi connectivity index (χ0) is 36.8. The fourth-order valence-electron chi connectivity index (χ4n) is 6.06. The van der Waals surface area contributed by atoms with E-state index in [0.29, 0.717) is 15.6 Å². The Balaban J connectivity index is 1.46. The van der Waals surface area contributed by atoms with Gasteiger partial charge in [-0.2, -0.15) is 0 Å². The predicted octanol–water partition coefficient (Wildman–Crippen LogP) is 1.87. The molecule has 1 aromatic heterocycles. The van der Waals surface area contributed by atoms with E-state index in [0.717, 1.165) is 5.56 Å². The summed E-state index contributed by atoms with van der Waals surface area (Å²) in [6, 6.07) is 15.0. The van der Waals surface area contributed by atoms with Crippen molar-refractivity contribution in [3.05, 3.63) is 104 Å². The van der Waals surface area contributed by atoms with E-state index in [2.05, 4.69) is 16.0 Å². The lowest BCUT2D eigenvalue weighted by Gasteiger charge is -2.38. The van der Waals surface area contributed by atoms with Crippen molar-refractivity contribution in [2.45, 2.75) is 51.1 Å². The molecule has 15 heteroatoms. The third kappa shape index (κ3) is 9.15. The maximum absolute atomic E-state index is 14.0. The molecule has 4 atom stereocenters. The largest absolute Gasteiger partial charge is 0.360 e. The number of nitrogens with one attached hydrogen (secondary N) is 3. The Hall–Kier alpha value is -4.72. The Labute approximate surface area is 305 Å².